The van der Waals surface area contributed by atoms with Crippen LogP contribution < -0.4 is 4.72 Å². The summed E-state index contributed by atoms with van der Waals surface area (Å²) in [6, 6.07) is 12.8. The van der Waals surface area contributed by atoms with Crippen molar-refractivity contribution < 1.29 is 18.0 Å². The second-order valence-corrected chi connectivity index (χ2v) is 9.92. The third-order valence-corrected chi connectivity index (χ3v) is 6.67. The number of nitrogens with one attached hydrogen (secondary N) is 1. The Bertz CT molecular complexity index is 1390. The molecule has 0 fully saturated rings. The van der Waals surface area contributed by atoms with Crippen molar-refractivity contribution in [2.45, 2.75) is 17.9 Å². The molecule has 0 saturated heterocycles. The molecule has 34 heavy (non-hydrogen) atoms. The maximum absolute atomic E-state index is 12.7. The Balaban J connectivity index is 1.45. The topological polar surface area (TPSA) is 146 Å². The van der Waals surface area contributed by atoms with Gasteiger partial charge < -0.3 is 0 Å². The van der Waals surface area contributed by atoms with Crippen LogP contribution in [0.15, 0.2) is 87.2 Å². The maximum atomic E-state index is 12.7. The van der Waals surface area contributed by atoms with Crippen LogP contribution in [0.5, 0.6) is 0 Å². The molecule has 1 unspecified atom stereocenters. The van der Waals surface area contributed by atoms with E-state index in [1.807, 2.05) is 0 Å². The molecular formula is C21H16IN7O4S. The lowest BCUT2D eigenvalue weighted by molar-refractivity contribution is -0.127. The predicted molar refractivity (Wildman–Crippen MR) is 131 cm³/mol. The van der Waals surface area contributed by atoms with Crippen molar-refractivity contribution in [3.63, 3.8) is 0 Å². The molecule has 0 bridgehead atoms. The third-order valence-electron chi connectivity index (χ3n) is 4.61. The van der Waals surface area contributed by atoms with Gasteiger partial charge in [-0.15, -0.1) is 0 Å². The minimum absolute atomic E-state index is 0.0251. The van der Waals surface area contributed by atoms with E-state index in [1.165, 1.54) is 36.7 Å². The van der Waals surface area contributed by atoms with E-state index in [2.05, 4.69) is 52.6 Å². The summed E-state index contributed by atoms with van der Waals surface area (Å²) in [5, 5.41) is 12.9. The van der Waals surface area contributed by atoms with Gasteiger partial charge in [-0.05, 0) is 84.1 Å². The highest BCUT2D eigenvalue weighted by Gasteiger charge is 2.38. The number of azo groups is 1. The zero-order valence-electron chi connectivity index (χ0n) is 17.5. The quantitative estimate of drug-likeness (QED) is 0.265. The van der Waals surface area contributed by atoms with Crippen molar-refractivity contribution in [2.24, 2.45) is 15.3 Å². The number of carbonyl (C=O) groups is 2. The first-order chi connectivity index (χ1) is 16.2. The molecule has 1 aromatic heterocycles. The first-order valence-corrected chi connectivity index (χ1v) is 12.3. The number of carbonyl (C=O) groups excluding carboxylic acids is 2. The first kappa shape index (κ1) is 23.6. The van der Waals surface area contributed by atoms with Crippen LogP contribution in [0.1, 0.15) is 17.3 Å². The van der Waals surface area contributed by atoms with Gasteiger partial charge in [-0.3, -0.25) is 9.59 Å². The highest BCUT2D eigenvalue weighted by molar-refractivity contribution is 14.1. The first-order valence-electron chi connectivity index (χ1n) is 9.74. The Morgan fingerprint density at radius 3 is 2.35 bits per heavy atom. The number of amides is 2. The fraction of sp³-hybridized carbons (Fsp3) is 0.0952. The van der Waals surface area contributed by atoms with E-state index >= 15 is 0 Å². The number of hydrogen-bond donors (Lipinski definition) is 1. The highest BCUT2D eigenvalue weighted by Crippen LogP contribution is 2.22. The van der Waals surface area contributed by atoms with Gasteiger partial charge in [-0.25, -0.2) is 23.1 Å². The van der Waals surface area contributed by atoms with Gasteiger partial charge in [-0.2, -0.15) is 20.3 Å². The number of imide groups is 1. The molecule has 172 valence electrons. The standard InChI is InChI=1S/C21H16IN7O4S/c1-13-18(20(31)29(27-13)19(30)14-3-5-15(22)6-4-14)26-25-16-7-9-17(10-8-16)34(32,33)28-21-23-11-2-12-24-21/h2-12,18H,1H3,(H,23,24,28)/b26-25+. The summed E-state index contributed by atoms with van der Waals surface area (Å²) in [6.07, 6.45) is 2.83. The lowest BCUT2D eigenvalue weighted by Gasteiger charge is -2.10. The summed E-state index contributed by atoms with van der Waals surface area (Å²) in [6.45, 7) is 1.58. The smallest absolute Gasteiger partial charge is 0.269 e. The van der Waals surface area contributed by atoms with E-state index in [-0.39, 0.29) is 10.8 Å². The molecule has 0 spiro atoms. The van der Waals surface area contributed by atoms with Crippen LogP contribution >= 0.6 is 22.6 Å². The fourth-order valence-electron chi connectivity index (χ4n) is 2.90. The van der Waals surface area contributed by atoms with Gasteiger partial charge >= 0.3 is 0 Å². The van der Waals surface area contributed by atoms with Crippen LogP contribution in [0.2, 0.25) is 0 Å². The predicted octanol–water partition coefficient (Wildman–Crippen LogP) is 3.39. The SMILES string of the molecule is CC1=NN(C(=O)c2ccc(I)cc2)C(=O)C1/N=N/c1ccc(S(=O)(=O)Nc2ncccn2)cc1. The second-order valence-electron chi connectivity index (χ2n) is 6.99. The average molecular weight is 589 g/mol. The van der Waals surface area contributed by atoms with Crippen LogP contribution in [0.4, 0.5) is 11.6 Å². The normalized spacial score (nSPS) is 16.1. The molecule has 13 heteroatoms. The van der Waals surface area contributed by atoms with Crippen LogP contribution in [0, 0.1) is 3.57 Å². The third kappa shape index (κ3) is 5.14. The molecule has 1 atom stereocenters. The lowest BCUT2D eigenvalue weighted by atomic mass is 10.2. The molecule has 1 aliphatic heterocycles. The number of rotatable bonds is 6. The maximum Gasteiger partial charge on any atom is 0.282 e. The minimum atomic E-state index is -3.89. The van der Waals surface area contributed by atoms with Crippen molar-refractivity contribution in [1.29, 1.82) is 0 Å². The molecule has 3 aromatic rings. The Morgan fingerprint density at radius 2 is 1.71 bits per heavy atom. The molecule has 2 heterocycles. The Morgan fingerprint density at radius 1 is 1.06 bits per heavy atom. The van der Waals surface area contributed by atoms with Crippen molar-refractivity contribution >= 4 is 61.8 Å². The number of nitrogens with zero attached hydrogens (tertiary/aromatic N) is 6. The average Bonchev–Trinajstić information content (AvgIpc) is 3.11. The van der Waals surface area contributed by atoms with E-state index in [0.717, 1.165) is 8.58 Å². The number of hydrazone groups is 1. The molecule has 0 aliphatic carbocycles. The summed E-state index contributed by atoms with van der Waals surface area (Å²) < 4.78 is 28.1. The summed E-state index contributed by atoms with van der Waals surface area (Å²) in [5.74, 6) is -1.22. The van der Waals surface area contributed by atoms with Crippen LogP contribution in [0.3, 0.4) is 0 Å². The number of anilines is 1. The molecule has 1 N–H and O–H groups in total. The summed E-state index contributed by atoms with van der Waals surface area (Å²) in [5.41, 5.74) is 0.964. The largest absolute Gasteiger partial charge is 0.282 e. The molecule has 0 saturated carbocycles. The molecule has 4 rings (SSSR count). The van der Waals surface area contributed by atoms with Crippen LogP contribution in [-0.2, 0) is 14.8 Å². The number of benzene rings is 2. The van der Waals surface area contributed by atoms with Crippen molar-refractivity contribution in [3.8, 4) is 0 Å². The minimum Gasteiger partial charge on any atom is -0.269 e. The number of hydrogen-bond acceptors (Lipinski definition) is 9. The van der Waals surface area contributed by atoms with Gasteiger partial charge in [0.15, 0.2) is 6.04 Å². The molecular weight excluding hydrogens is 573 g/mol. The summed E-state index contributed by atoms with van der Waals surface area (Å²) in [7, 11) is -3.89. The van der Waals surface area contributed by atoms with E-state index in [4.69, 9.17) is 0 Å². The van der Waals surface area contributed by atoms with Gasteiger partial charge in [0.2, 0.25) is 5.95 Å². The molecule has 11 nitrogen and oxygen atoms in total. The number of halogens is 1. The van der Waals surface area contributed by atoms with Gasteiger partial charge in [0, 0.05) is 21.5 Å². The molecule has 0 radical (unpaired) electrons. The Hall–Kier alpha value is -3.59. The molecule has 1 aliphatic rings. The number of aromatic nitrogens is 2. The number of sulfonamides is 1. The monoisotopic (exact) mass is 589 g/mol. The zero-order chi connectivity index (χ0) is 24.3. The summed E-state index contributed by atoms with van der Waals surface area (Å²) in [4.78, 5) is 33.0. The Kier molecular flexibility index (Phi) is 6.74. The lowest BCUT2D eigenvalue weighted by Crippen LogP contribution is -2.34. The van der Waals surface area contributed by atoms with E-state index in [9.17, 15) is 18.0 Å². The molecule has 2 amide bonds. The zero-order valence-corrected chi connectivity index (χ0v) is 20.5. The van der Waals surface area contributed by atoms with Crippen LogP contribution in [0.25, 0.3) is 0 Å². The fourth-order valence-corrected chi connectivity index (χ4v) is 4.21. The van der Waals surface area contributed by atoms with Gasteiger partial charge in [-0.1, -0.05) is 0 Å². The van der Waals surface area contributed by atoms with E-state index in [0.29, 0.717) is 17.0 Å². The second kappa shape index (κ2) is 9.72. The van der Waals surface area contributed by atoms with Crippen molar-refractivity contribution in [1.82, 2.24) is 15.0 Å². The van der Waals surface area contributed by atoms with Crippen LogP contribution in [-0.4, -0.2) is 47.0 Å². The summed E-state index contributed by atoms with van der Waals surface area (Å²) >= 11 is 2.12. The van der Waals surface area contributed by atoms with Crippen molar-refractivity contribution in [3.05, 3.63) is 76.1 Å². The van der Waals surface area contributed by atoms with Gasteiger partial charge in [0.05, 0.1) is 16.3 Å². The Labute approximate surface area is 208 Å². The van der Waals surface area contributed by atoms with Crippen molar-refractivity contribution in [2.75, 3.05) is 4.72 Å². The molecule has 2 aromatic carbocycles. The van der Waals surface area contributed by atoms with E-state index in [1.54, 1.807) is 37.3 Å². The highest BCUT2D eigenvalue weighted by atomic mass is 127. The van der Waals surface area contributed by atoms with Gasteiger partial charge in [0.1, 0.15) is 0 Å². The van der Waals surface area contributed by atoms with Gasteiger partial charge in [0.25, 0.3) is 21.8 Å². The van der Waals surface area contributed by atoms with E-state index < -0.39 is 27.9 Å².